The first kappa shape index (κ1) is 17.1. The number of imidazole rings is 1. The lowest BCUT2D eigenvalue weighted by atomic mass is 10.3. The highest BCUT2D eigenvalue weighted by Crippen LogP contribution is 2.20. The van der Waals surface area contributed by atoms with Gasteiger partial charge >= 0.3 is 5.97 Å². The van der Waals surface area contributed by atoms with Crippen LogP contribution in [0.3, 0.4) is 0 Å². The van der Waals surface area contributed by atoms with E-state index in [9.17, 15) is 9.59 Å². The Hall–Kier alpha value is -2.74. The van der Waals surface area contributed by atoms with Gasteiger partial charge in [0.2, 0.25) is 11.7 Å². The highest BCUT2D eigenvalue weighted by molar-refractivity contribution is 5.96. The molecule has 2 aromatic rings. The molecule has 0 aliphatic carbocycles. The van der Waals surface area contributed by atoms with Crippen molar-refractivity contribution < 1.29 is 14.3 Å². The van der Waals surface area contributed by atoms with Crippen LogP contribution in [0.1, 0.15) is 23.2 Å². The molecule has 2 aromatic heterocycles. The van der Waals surface area contributed by atoms with E-state index in [4.69, 9.17) is 4.74 Å². The fraction of sp³-hybridized carbons (Fsp3) is 0.412. The van der Waals surface area contributed by atoms with Crippen molar-refractivity contribution in [3.05, 3.63) is 42.1 Å². The first-order valence-corrected chi connectivity index (χ1v) is 8.23. The predicted octanol–water partition coefficient (Wildman–Crippen LogP) is 0.857. The van der Waals surface area contributed by atoms with Crippen LogP contribution in [0.2, 0.25) is 0 Å². The molecule has 1 aliphatic rings. The Labute approximate surface area is 145 Å². The quantitative estimate of drug-likeness (QED) is 0.592. The summed E-state index contributed by atoms with van der Waals surface area (Å²) < 4.78 is 6.47. The van der Waals surface area contributed by atoms with E-state index < -0.39 is 5.97 Å². The molecule has 132 valence electrons. The topological polar surface area (TPSA) is 89.1 Å². The van der Waals surface area contributed by atoms with Gasteiger partial charge in [-0.25, -0.2) is 9.78 Å². The minimum Gasteiger partial charge on any atom is -0.460 e. The Bertz CT molecular complexity index is 759. The van der Waals surface area contributed by atoms with E-state index in [-0.39, 0.29) is 24.4 Å². The van der Waals surface area contributed by atoms with E-state index in [1.165, 1.54) is 0 Å². The number of aryl methyl sites for hydroxylation is 1. The molecule has 1 saturated heterocycles. The molecule has 0 saturated carbocycles. The summed E-state index contributed by atoms with van der Waals surface area (Å²) >= 11 is 0. The van der Waals surface area contributed by atoms with Crippen molar-refractivity contribution >= 4 is 17.7 Å². The van der Waals surface area contributed by atoms with Gasteiger partial charge in [-0.3, -0.25) is 14.7 Å². The molecule has 2 atom stereocenters. The zero-order valence-electron chi connectivity index (χ0n) is 14.3. The normalized spacial score (nSPS) is 18.6. The van der Waals surface area contributed by atoms with E-state index in [0.717, 1.165) is 25.2 Å². The van der Waals surface area contributed by atoms with Crippen LogP contribution in [0.4, 0.5) is 5.82 Å². The second kappa shape index (κ2) is 7.43. The molecule has 1 amide bonds. The lowest BCUT2D eigenvalue weighted by Gasteiger charge is -2.04. The van der Waals surface area contributed by atoms with Gasteiger partial charge in [-0.1, -0.05) is 6.07 Å². The fourth-order valence-electron chi connectivity index (χ4n) is 2.60. The van der Waals surface area contributed by atoms with Crippen molar-refractivity contribution in [2.75, 3.05) is 25.0 Å². The van der Waals surface area contributed by atoms with Crippen molar-refractivity contribution in [3.8, 4) is 0 Å². The van der Waals surface area contributed by atoms with Crippen LogP contribution < -0.4 is 5.32 Å². The third-order valence-electron chi connectivity index (χ3n) is 3.98. The standard InChI is InChI=1S/C17H21N5O3/c1-3-25-17(24)15-19-14(11-21(15)2)20-16(23)13-10-22(13)9-7-12-6-4-5-8-18-12/h4-6,8,11,13H,3,7,9-10H2,1-2H3,(H,20,23). The van der Waals surface area contributed by atoms with E-state index in [0.29, 0.717) is 5.82 Å². The molecular formula is C17H21N5O3. The molecular weight excluding hydrogens is 322 g/mol. The summed E-state index contributed by atoms with van der Waals surface area (Å²) in [5.41, 5.74) is 1.01. The van der Waals surface area contributed by atoms with Gasteiger partial charge in [-0.2, -0.15) is 0 Å². The van der Waals surface area contributed by atoms with Crippen LogP contribution in [-0.4, -0.2) is 57.0 Å². The van der Waals surface area contributed by atoms with Crippen molar-refractivity contribution in [1.82, 2.24) is 19.4 Å². The van der Waals surface area contributed by atoms with Gasteiger partial charge in [0.25, 0.3) is 0 Å². The Balaban J connectivity index is 1.50. The van der Waals surface area contributed by atoms with Crippen LogP contribution in [-0.2, 0) is 23.0 Å². The largest absolute Gasteiger partial charge is 0.460 e. The average Bonchev–Trinajstić information content (AvgIpc) is 3.30. The lowest BCUT2D eigenvalue weighted by molar-refractivity contribution is -0.116. The third kappa shape index (κ3) is 4.21. The van der Waals surface area contributed by atoms with Crippen molar-refractivity contribution in [3.63, 3.8) is 0 Å². The fourth-order valence-corrected chi connectivity index (χ4v) is 2.60. The molecule has 8 heteroatoms. The number of anilines is 1. The van der Waals surface area contributed by atoms with E-state index in [1.54, 1.807) is 30.9 Å². The monoisotopic (exact) mass is 343 g/mol. The molecule has 25 heavy (non-hydrogen) atoms. The number of amides is 1. The second-order valence-corrected chi connectivity index (χ2v) is 5.85. The molecule has 0 bridgehead atoms. The summed E-state index contributed by atoms with van der Waals surface area (Å²) in [5, 5.41) is 2.75. The lowest BCUT2D eigenvalue weighted by Crippen LogP contribution is -2.22. The summed E-state index contributed by atoms with van der Waals surface area (Å²) in [6.45, 7) is 3.51. The molecule has 3 rings (SSSR count). The maximum Gasteiger partial charge on any atom is 0.374 e. The molecule has 1 fully saturated rings. The Morgan fingerprint density at radius 1 is 1.40 bits per heavy atom. The van der Waals surface area contributed by atoms with Crippen molar-refractivity contribution in [1.29, 1.82) is 0 Å². The SMILES string of the molecule is CCOC(=O)c1nc(NC(=O)C2CN2CCc2ccccn2)cn1C. The number of carbonyl (C=O) groups excluding carboxylic acids is 2. The van der Waals surface area contributed by atoms with Crippen LogP contribution in [0.15, 0.2) is 30.6 Å². The van der Waals surface area contributed by atoms with Crippen LogP contribution in [0.25, 0.3) is 0 Å². The number of nitrogens with one attached hydrogen (secondary N) is 1. The smallest absolute Gasteiger partial charge is 0.374 e. The number of rotatable bonds is 7. The molecule has 0 radical (unpaired) electrons. The Morgan fingerprint density at radius 2 is 2.24 bits per heavy atom. The zero-order valence-corrected chi connectivity index (χ0v) is 14.3. The maximum absolute atomic E-state index is 12.3. The van der Waals surface area contributed by atoms with Crippen LogP contribution in [0.5, 0.6) is 0 Å². The number of hydrogen-bond acceptors (Lipinski definition) is 6. The number of hydrogen-bond donors (Lipinski definition) is 1. The minimum atomic E-state index is -0.506. The second-order valence-electron chi connectivity index (χ2n) is 5.85. The molecule has 1 N–H and O–H groups in total. The van der Waals surface area contributed by atoms with Crippen LogP contribution in [0, 0.1) is 0 Å². The molecule has 0 aromatic carbocycles. The van der Waals surface area contributed by atoms with Gasteiger partial charge in [0.15, 0.2) is 5.82 Å². The number of pyridine rings is 1. The number of ether oxygens (including phenoxy) is 1. The minimum absolute atomic E-state index is 0.116. The van der Waals surface area contributed by atoms with Crippen LogP contribution >= 0.6 is 0 Å². The average molecular weight is 343 g/mol. The van der Waals surface area contributed by atoms with Gasteiger partial charge in [-0.05, 0) is 19.1 Å². The van der Waals surface area contributed by atoms with Gasteiger partial charge in [0.05, 0.1) is 6.61 Å². The van der Waals surface area contributed by atoms with Gasteiger partial charge < -0.3 is 14.6 Å². The number of carbonyl (C=O) groups is 2. The molecule has 1 aliphatic heterocycles. The molecule has 2 unspecified atom stereocenters. The number of aromatic nitrogens is 3. The van der Waals surface area contributed by atoms with E-state index in [1.807, 2.05) is 18.2 Å². The highest BCUT2D eigenvalue weighted by atomic mass is 16.5. The summed E-state index contributed by atoms with van der Waals surface area (Å²) in [6.07, 6.45) is 4.18. The first-order valence-electron chi connectivity index (χ1n) is 8.23. The molecule has 0 spiro atoms. The molecule has 3 heterocycles. The summed E-state index contributed by atoms with van der Waals surface area (Å²) in [7, 11) is 1.69. The molecule has 8 nitrogen and oxygen atoms in total. The maximum atomic E-state index is 12.3. The van der Waals surface area contributed by atoms with Crippen molar-refractivity contribution in [2.45, 2.75) is 19.4 Å². The Morgan fingerprint density at radius 3 is 2.96 bits per heavy atom. The Kier molecular flexibility index (Phi) is 5.08. The summed E-state index contributed by atoms with van der Waals surface area (Å²) in [4.78, 5) is 34.5. The van der Waals surface area contributed by atoms with Gasteiger partial charge in [0, 0.05) is 44.6 Å². The number of esters is 1. The van der Waals surface area contributed by atoms with E-state index >= 15 is 0 Å². The zero-order chi connectivity index (χ0) is 17.8. The van der Waals surface area contributed by atoms with Gasteiger partial charge in [-0.15, -0.1) is 0 Å². The third-order valence-corrected chi connectivity index (χ3v) is 3.98. The highest BCUT2D eigenvalue weighted by Gasteiger charge is 2.40. The first-order chi connectivity index (χ1) is 12.1. The van der Waals surface area contributed by atoms with Crippen molar-refractivity contribution in [2.24, 2.45) is 7.05 Å². The summed E-state index contributed by atoms with van der Waals surface area (Å²) in [6, 6.07) is 5.66. The predicted molar refractivity (Wildman–Crippen MR) is 91.1 cm³/mol. The van der Waals surface area contributed by atoms with E-state index in [2.05, 4.69) is 20.2 Å². The summed E-state index contributed by atoms with van der Waals surface area (Å²) in [5.74, 6) is -0.101. The van der Waals surface area contributed by atoms with Gasteiger partial charge in [0.1, 0.15) is 6.04 Å². The number of nitrogens with zero attached hydrogens (tertiary/aromatic N) is 4.